The lowest BCUT2D eigenvalue weighted by Crippen LogP contribution is -2.39. The van der Waals surface area contributed by atoms with Gasteiger partial charge in [-0.1, -0.05) is 68.2 Å². The zero-order chi connectivity index (χ0) is 30.1. The van der Waals surface area contributed by atoms with Crippen molar-refractivity contribution in [1.29, 1.82) is 0 Å². The van der Waals surface area contributed by atoms with Crippen molar-refractivity contribution in [3.63, 3.8) is 0 Å². The first-order valence-corrected chi connectivity index (χ1v) is 19.0. The van der Waals surface area contributed by atoms with Gasteiger partial charge in [0.2, 0.25) is 10.0 Å². The molecule has 0 N–H and O–H groups in total. The zero-order valence-corrected chi connectivity index (χ0v) is 26.4. The number of benzene rings is 1. The number of carbonyl (C=O) groups excluding carboxylic acids is 1. The largest absolute Gasteiger partial charge is 0.464 e. The van der Waals surface area contributed by atoms with Crippen LogP contribution < -0.4 is 0 Å². The molecule has 42 heavy (non-hydrogen) atoms. The van der Waals surface area contributed by atoms with Crippen LogP contribution in [-0.2, 0) is 26.2 Å². The third kappa shape index (κ3) is 5.76. The van der Waals surface area contributed by atoms with Crippen LogP contribution in [-0.4, -0.2) is 59.7 Å². The number of esters is 1. The Morgan fingerprint density at radius 2 is 1.86 bits per heavy atom. The Labute approximate surface area is 247 Å². The van der Waals surface area contributed by atoms with Gasteiger partial charge in [0.25, 0.3) is 0 Å². The van der Waals surface area contributed by atoms with Gasteiger partial charge in [0.05, 0.1) is 7.11 Å². The Bertz CT molecular complexity index is 1780. The molecule has 0 aliphatic heterocycles. The average Bonchev–Trinajstić information content (AvgIpc) is 3.61. The van der Waals surface area contributed by atoms with Crippen molar-refractivity contribution in [3.05, 3.63) is 90.5 Å². The number of methoxy groups -OCH3 is 1. The first-order chi connectivity index (χ1) is 19.9. The molecular weight excluding hydrogens is 569 g/mol. The molecule has 4 aromatic rings. The molecule has 3 heterocycles. The van der Waals surface area contributed by atoms with Gasteiger partial charge in [0.15, 0.2) is 5.65 Å². The van der Waals surface area contributed by atoms with Gasteiger partial charge in [0.1, 0.15) is 22.9 Å². The summed E-state index contributed by atoms with van der Waals surface area (Å²) in [6.45, 7) is 9.50. The van der Waals surface area contributed by atoms with Gasteiger partial charge < -0.3 is 9.47 Å². The lowest BCUT2D eigenvalue weighted by molar-refractivity contribution is 0.0592. The summed E-state index contributed by atoms with van der Waals surface area (Å²) in [6, 6.07) is 16.1. The fourth-order valence-electron chi connectivity index (χ4n) is 4.83. The van der Waals surface area contributed by atoms with E-state index in [-0.39, 0.29) is 18.8 Å². The van der Waals surface area contributed by atoms with Crippen LogP contribution in [0.2, 0.25) is 25.7 Å². The van der Waals surface area contributed by atoms with Gasteiger partial charge >= 0.3 is 5.97 Å². The van der Waals surface area contributed by atoms with Crippen molar-refractivity contribution in [2.45, 2.75) is 50.5 Å². The summed E-state index contributed by atoms with van der Waals surface area (Å²) >= 11 is 0. The van der Waals surface area contributed by atoms with E-state index in [0.717, 1.165) is 32.1 Å². The first kappa shape index (κ1) is 29.7. The monoisotopic (exact) mass is 604 g/mol. The van der Waals surface area contributed by atoms with Crippen molar-refractivity contribution >= 4 is 40.7 Å². The predicted octanol–water partition coefficient (Wildman–Crippen LogP) is 5.98. The molecule has 1 atom stereocenters. The Balaban J connectivity index is 1.49. The number of allylic oxidation sites excluding steroid dienone is 3. The average molecular weight is 605 g/mol. The van der Waals surface area contributed by atoms with E-state index in [1.165, 1.54) is 25.4 Å². The minimum Gasteiger partial charge on any atom is -0.464 e. The Morgan fingerprint density at radius 3 is 2.52 bits per heavy atom. The summed E-state index contributed by atoms with van der Waals surface area (Å²) in [4.78, 5) is 17.0. The maximum atomic E-state index is 13.7. The summed E-state index contributed by atoms with van der Waals surface area (Å²) in [6.07, 6.45) is 8.73. The third-order valence-electron chi connectivity index (χ3n) is 7.48. The highest BCUT2D eigenvalue weighted by atomic mass is 32.2. The van der Waals surface area contributed by atoms with E-state index in [1.807, 2.05) is 42.6 Å². The molecule has 0 saturated heterocycles. The number of carbonyl (C=O) groups is 1. The van der Waals surface area contributed by atoms with E-state index in [4.69, 9.17) is 19.6 Å². The number of pyridine rings is 1. The van der Waals surface area contributed by atoms with E-state index in [1.54, 1.807) is 23.8 Å². The molecule has 0 fully saturated rings. The molecule has 0 amide bonds. The number of fused-ring (bicyclic) bond motifs is 1. The molecule has 1 aromatic carbocycles. The Kier molecular flexibility index (Phi) is 8.10. The van der Waals surface area contributed by atoms with Crippen molar-refractivity contribution in [1.82, 2.24) is 18.7 Å². The lowest BCUT2D eigenvalue weighted by Gasteiger charge is -2.28. The van der Waals surface area contributed by atoms with Crippen LogP contribution in [0.1, 0.15) is 29.5 Å². The van der Waals surface area contributed by atoms with E-state index >= 15 is 0 Å². The molecule has 220 valence electrons. The minimum atomic E-state index is -3.99. The topological polar surface area (TPSA) is 105 Å². The molecule has 3 aromatic heterocycles. The smallest absolute Gasteiger partial charge is 0.355 e. The van der Waals surface area contributed by atoms with Crippen LogP contribution in [0, 0.1) is 0 Å². The molecule has 0 spiro atoms. The van der Waals surface area contributed by atoms with Gasteiger partial charge in [0, 0.05) is 38.0 Å². The maximum Gasteiger partial charge on any atom is 0.355 e. The van der Waals surface area contributed by atoms with Crippen LogP contribution in [0.5, 0.6) is 0 Å². The molecule has 9 nitrogen and oxygen atoms in total. The SMILES string of the molecule is COC(=O)c1cccn1S(=O)(=O)C1(C)C=CC(c2nn(COCC[Si](C)(C)C)c3ncc(-c4ccccc4)cc23)=CC1. The molecule has 0 radical (unpaired) electrons. The zero-order valence-electron chi connectivity index (χ0n) is 24.6. The van der Waals surface area contributed by atoms with Crippen molar-refractivity contribution in [2.24, 2.45) is 0 Å². The van der Waals surface area contributed by atoms with Crippen LogP contribution >= 0.6 is 0 Å². The lowest BCUT2D eigenvalue weighted by atomic mass is 9.94. The van der Waals surface area contributed by atoms with Crippen LogP contribution in [0.4, 0.5) is 0 Å². The highest BCUT2D eigenvalue weighted by Gasteiger charge is 2.40. The van der Waals surface area contributed by atoms with Crippen molar-refractivity contribution in [2.75, 3.05) is 13.7 Å². The molecule has 1 unspecified atom stereocenters. The quantitative estimate of drug-likeness (QED) is 0.125. The second-order valence-electron chi connectivity index (χ2n) is 11.9. The Hall–Kier alpha value is -3.80. The van der Waals surface area contributed by atoms with Gasteiger partial charge in [-0.25, -0.2) is 26.9 Å². The van der Waals surface area contributed by atoms with Crippen molar-refractivity contribution < 1.29 is 22.7 Å². The fourth-order valence-corrected chi connectivity index (χ4v) is 7.19. The highest BCUT2D eigenvalue weighted by Crippen LogP contribution is 2.36. The summed E-state index contributed by atoms with van der Waals surface area (Å²) < 4.78 is 39.7. The second kappa shape index (κ2) is 11.5. The number of nitrogens with zero attached hydrogens (tertiary/aromatic N) is 4. The van der Waals surface area contributed by atoms with E-state index in [0.29, 0.717) is 17.9 Å². The number of rotatable bonds is 10. The van der Waals surface area contributed by atoms with Crippen molar-refractivity contribution in [3.8, 4) is 11.1 Å². The van der Waals surface area contributed by atoms with Crippen LogP contribution in [0.25, 0.3) is 27.7 Å². The molecule has 0 saturated carbocycles. The standard InChI is InChI=1S/C31H36N4O5SSi/c1-31(41(37,38)35-17-9-12-27(35)30(36)39-2)15-13-24(14-16-31)28-26-20-25(23-10-7-6-8-11-23)21-32-29(26)34(33-28)22-40-18-19-42(3,4)5/h6-15,17,20-21H,16,18-19,22H2,1-5H3. The van der Waals surface area contributed by atoms with Crippen LogP contribution in [0.15, 0.2) is 79.2 Å². The summed E-state index contributed by atoms with van der Waals surface area (Å²) in [5, 5.41) is 5.75. The van der Waals surface area contributed by atoms with Gasteiger partial charge in [-0.2, -0.15) is 5.10 Å². The number of hydrogen-bond donors (Lipinski definition) is 0. The number of ether oxygens (including phenoxy) is 2. The summed E-state index contributed by atoms with van der Waals surface area (Å²) in [7, 11) is -4.00. The van der Waals surface area contributed by atoms with Gasteiger partial charge in [-0.15, -0.1) is 0 Å². The molecule has 1 aliphatic carbocycles. The molecule has 5 rings (SSSR count). The maximum absolute atomic E-state index is 13.7. The molecular formula is C31H36N4O5SSi. The van der Waals surface area contributed by atoms with Gasteiger partial charge in [-0.05, 0) is 48.7 Å². The Morgan fingerprint density at radius 1 is 1.10 bits per heavy atom. The predicted molar refractivity (Wildman–Crippen MR) is 167 cm³/mol. The molecule has 0 bridgehead atoms. The summed E-state index contributed by atoms with van der Waals surface area (Å²) in [5.41, 5.74) is 4.15. The van der Waals surface area contributed by atoms with Gasteiger partial charge in [-0.3, -0.25) is 0 Å². The van der Waals surface area contributed by atoms with Crippen LogP contribution in [0.3, 0.4) is 0 Å². The first-order valence-electron chi connectivity index (χ1n) is 13.8. The second-order valence-corrected chi connectivity index (χ2v) is 19.8. The third-order valence-corrected chi connectivity index (χ3v) is 11.5. The van der Waals surface area contributed by atoms with E-state index < -0.39 is 28.8 Å². The number of hydrogen-bond acceptors (Lipinski definition) is 7. The molecule has 1 aliphatic rings. The number of aromatic nitrogens is 4. The minimum absolute atomic E-state index is 0.0414. The summed E-state index contributed by atoms with van der Waals surface area (Å²) in [5.74, 6) is -0.714. The van der Waals surface area contributed by atoms with E-state index in [9.17, 15) is 13.2 Å². The molecule has 11 heteroatoms. The van der Waals surface area contributed by atoms with E-state index in [2.05, 4.69) is 25.7 Å². The fraction of sp³-hybridized carbons (Fsp3) is 0.323. The normalized spacial score (nSPS) is 17.4. The highest BCUT2D eigenvalue weighted by molar-refractivity contribution is 7.91.